The molecule has 0 atom stereocenters. The van der Waals surface area contributed by atoms with Crippen LogP contribution in [0.2, 0.25) is 0 Å². The number of carboxylic acid groups (broad SMARTS) is 1. The van der Waals surface area contributed by atoms with Gasteiger partial charge in [0.05, 0.1) is 12.0 Å². The van der Waals surface area contributed by atoms with Crippen LogP contribution in [-0.4, -0.2) is 16.1 Å². The average Bonchev–Trinajstić information content (AvgIpc) is 2.19. The van der Waals surface area contributed by atoms with Crippen molar-refractivity contribution in [3.05, 3.63) is 33.2 Å². The standard InChI is InChI=1S/C9H6F2N2O3/c10-8(11)7-4(2-12)3-13-9(16)5(7)1-6(14)15/h3,8H,1H2,(H,13,16)(H,14,15). The summed E-state index contributed by atoms with van der Waals surface area (Å²) >= 11 is 0. The number of hydrogen-bond acceptors (Lipinski definition) is 3. The SMILES string of the molecule is N#Cc1c[nH]c(=O)c(CC(=O)O)c1C(F)F. The summed E-state index contributed by atoms with van der Waals surface area (Å²) in [6, 6.07) is 1.47. The van der Waals surface area contributed by atoms with Gasteiger partial charge in [0, 0.05) is 17.3 Å². The van der Waals surface area contributed by atoms with Crippen molar-refractivity contribution in [3.8, 4) is 6.07 Å². The van der Waals surface area contributed by atoms with Crippen molar-refractivity contribution in [1.82, 2.24) is 4.98 Å². The number of rotatable bonds is 3. The molecule has 16 heavy (non-hydrogen) atoms. The van der Waals surface area contributed by atoms with Gasteiger partial charge >= 0.3 is 5.97 Å². The Morgan fingerprint density at radius 2 is 2.25 bits per heavy atom. The smallest absolute Gasteiger partial charge is 0.308 e. The maximum absolute atomic E-state index is 12.6. The van der Waals surface area contributed by atoms with E-state index in [2.05, 4.69) is 0 Å². The van der Waals surface area contributed by atoms with Crippen LogP contribution in [0.4, 0.5) is 8.78 Å². The summed E-state index contributed by atoms with van der Waals surface area (Å²) in [6.45, 7) is 0. The van der Waals surface area contributed by atoms with Crippen molar-refractivity contribution >= 4 is 5.97 Å². The molecule has 0 fully saturated rings. The van der Waals surface area contributed by atoms with Crippen LogP contribution in [0.5, 0.6) is 0 Å². The Morgan fingerprint density at radius 3 is 2.69 bits per heavy atom. The van der Waals surface area contributed by atoms with Gasteiger partial charge in [0.15, 0.2) is 0 Å². The third kappa shape index (κ3) is 2.23. The van der Waals surface area contributed by atoms with Gasteiger partial charge in [-0.2, -0.15) is 5.26 Å². The number of carbonyl (C=O) groups is 1. The molecule has 7 heteroatoms. The minimum atomic E-state index is -3.06. The normalized spacial score (nSPS) is 10.1. The molecule has 0 aliphatic carbocycles. The number of H-pyrrole nitrogens is 1. The monoisotopic (exact) mass is 228 g/mol. The molecule has 0 saturated heterocycles. The minimum Gasteiger partial charge on any atom is -0.481 e. The molecule has 5 nitrogen and oxygen atoms in total. The molecular weight excluding hydrogens is 222 g/mol. The van der Waals surface area contributed by atoms with E-state index < -0.39 is 41.1 Å². The van der Waals surface area contributed by atoms with E-state index in [4.69, 9.17) is 10.4 Å². The third-order valence-electron chi connectivity index (χ3n) is 1.90. The molecule has 0 amide bonds. The molecule has 0 aliphatic heterocycles. The fourth-order valence-corrected chi connectivity index (χ4v) is 1.26. The van der Waals surface area contributed by atoms with E-state index in [0.717, 1.165) is 6.20 Å². The first kappa shape index (κ1) is 11.8. The quantitative estimate of drug-likeness (QED) is 0.800. The Labute approximate surface area is 88.0 Å². The highest BCUT2D eigenvalue weighted by molar-refractivity contribution is 5.71. The number of aliphatic carboxylic acids is 1. The number of halogens is 2. The number of carboxylic acids is 1. The van der Waals surface area contributed by atoms with Crippen molar-refractivity contribution in [3.63, 3.8) is 0 Å². The lowest BCUT2D eigenvalue weighted by Gasteiger charge is -2.07. The van der Waals surface area contributed by atoms with Crippen LogP contribution in [0.15, 0.2) is 11.0 Å². The number of hydrogen-bond donors (Lipinski definition) is 2. The van der Waals surface area contributed by atoms with Crippen LogP contribution >= 0.6 is 0 Å². The van der Waals surface area contributed by atoms with E-state index in [1.807, 2.05) is 4.98 Å². The van der Waals surface area contributed by atoms with Gasteiger partial charge in [-0.05, 0) is 0 Å². The van der Waals surface area contributed by atoms with Crippen molar-refractivity contribution in [1.29, 1.82) is 5.26 Å². The van der Waals surface area contributed by atoms with Gasteiger partial charge in [0.1, 0.15) is 6.07 Å². The molecule has 0 radical (unpaired) electrons. The van der Waals surface area contributed by atoms with Crippen LogP contribution in [-0.2, 0) is 11.2 Å². The maximum Gasteiger partial charge on any atom is 0.308 e. The molecular formula is C9H6F2N2O3. The van der Waals surface area contributed by atoms with E-state index in [1.54, 1.807) is 0 Å². The zero-order valence-electron chi connectivity index (χ0n) is 7.83. The number of nitrogens with one attached hydrogen (secondary N) is 1. The summed E-state index contributed by atoms with van der Waals surface area (Å²) in [4.78, 5) is 23.6. The highest BCUT2D eigenvalue weighted by Crippen LogP contribution is 2.24. The van der Waals surface area contributed by atoms with Gasteiger partial charge in [0.2, 0.25) is 0 Å². The Balaban J connectivity index is 3.49. The zero-order valence-corrected chi connectivity index (χ0v) is 7.83. The van der Waals surface area contributed by atoms with Gasteiger partial charge in [-0.15, -0.1) is 0 Å². The van der Waals surface area contributed by atoms with Crippen LogP contribution in [0, 0.1) is 11.3 Å². The lowest BCUT2D eigenvalue weighted by atomic mass is 10.0. The summed E-state index contributed by atoms with van der Waals surface area (Å²) in [5.41, 5.74) is -2.74. The highest BCUT2D eigenvalue weighted by Gasteiger charge is 2.22. The van der Waals surface area contributed by atoms with Gasteiger partial charge in [-0.3, -0.25) is 9.59 Å². The second kappa shape index (κ2) is 4.53. The largest absolute Gasteiger partial charge is 0.481 e. The zero-order chi connectivity index (χ0) is 12.3. The Kier molecular flexibility index (Phi) is 3.35. The van der Waals surface area contributed by atoms with Crippen LogP contribution in [0.1, 0.15) is 23.1 Å². The topological polar surface area (TPSA) is 94.0 Å². The summed E-state index contributed by atoms with van der Waals surface area (Å²) < 4.78 is 25.2. The second-order valence-electron chi connectivity index (χ2n) is 2.91. The Morgan fingerprint density at radius 1 is 1.62 bits per heavy atom. The number of aromatic nitrogens is 1. The average molecular weight is 228 g/mol. The van der Waals surface area contributed by atoms with Gasteiger partial charge < -0.3 is 10.1 Å². The Bertz CT molecular complexity index is 516. The summed E-state index contributed by atoms with van der Waals surface area (Å²) in [7, 11) is 0. The van der Waals surface area contributed by atoms with Crippen molar-refractivity contribution in [2.45, 2.75) is 12.8 Å². The van der Waals surface area contributed by atoms with E-state index >= 15 is 0 Å². The third-order valence-corrected chi connectivity index (χ3v) is 1.90. The molecule has 0 bridgehead atoms. The molecule has 1 aromatic heterocycles. The molecule has 1 heterocycles. The lowest BCUT2D eigenvalue weighted by Crippen LogP contribution is -2.20. The fraction of sp³-hybridized carbons (Fsp3) is 0.222. The van der Waals surface area contributed by atoms with Crippen molar-refractivity contribution in [2.24, 2.45) is 0 Å². The maximum atomic E-state index is 12.6. The molecule has 0 aromatic carbocycles. The first-order chi connectivity index (χ1) is 7.47. The summed E-state index contributed by atoms with van der Waals surface area (Å²) in [6.07, 6.45) is -3.06. The molecule has 2 N–H and O–H groups in total. The molecule has 84 valence electrons. The van der Waals surface area contributed by atoms with Gasteiger partial charge in [-0.25, -0.2) is 8.78 Å². The van der Waals surface area contributed by atoms with Crippen LogP contribution < -0.4 is 5.56 Å². The summed E-state index contributed by atoms with van der Waals surface area (Å²) in [5.74, 6) is -1.41. The molecule has 1 rings (SSSR count). The van der Waals surface area contributed by atoms with E-state index in [1.165, 1.54) is 6.07 Å². The van der Waals surface area contributed by atoms with Gasteiger partial charge in [-0.1, -0.05) is 0 Å². The number of pyridine rings is 1. The number of aromatic amines is 1. The number of nitrogens with zero attached hydrogens (tertiary/aromatic N) is 1. The second-order valence-corrected chi connectivity index (χ2v) is 2.91. The van der Waals surface area contributed by atoms with E-state index in [9.17, 15) is 18.4 Å². The van der Waals surface area contributed by atoms with Crippen LogP contribution in [0.25, 0.3) is 0 Å². The predicted molar refractivity (Wildman–Crippen MR) is 48.1 cm³/mol. The minimum absolute atomic E-state index is 0.425. The fourth-order valence-electron chi connectivity index (χ4n) is 1.26. The van der Waals surface area contributed by atoms with Crippen molar-refractivity contribution in [2.75, 3.05) is 0 Å². The summed E-state index contributed by atoms with van der Waals surface area (Å²) in [5, 5.41) is 17.0. The molecule has 0 saturated carbocycles. The predicted octanol–water partition coefficient (Wildman–Crippen LogP) is 0.811. The lowest BCUT2D eigenvalue weighted by molar-refractivity contribution is -0.136. The molecule has 0 aliphatic rings. The Hall–Kier alpha value is -2.23. The van der Waals surface area contributed by atoms with Crippen LogP contribution in [0.3, 0.4) is 0 Å². The van der Waals surface area contributed by atoms with E-state index in [0.29, 0.717) is 0 Å². The number of nitriles is 1. The van der Waals surface area contributed by atoms with E-state index in [-0.39, 0.29) is 0 Å². The number of alkyl halides is 2. The molecule has 0 unspecified atom stereocenters. The molecule has 0 spiro atoms. The molecule has 1 aromatic rings. The van der Waals surface area contributed by atoms with Gasteiger partial charge in [0.25, 0.3) is 12.0 Å². The first-order valence-electron chi connectivity index (χ1n) is 4.12. The van der Waals surface area contributed by atoms with Crippen molar-refractivity contribution < 1.29 is 18.7 Å². The first-order valence-corrected chi connectivity index (χ1v) is 4.12. The highest BCUT2D eigenvalue weighted by atomic mass is 19.3.